The molecule has 2 aromatic rings. The zero-order valence-electron chi connectivity index (χ0n) is 15.1. The lowest BCUT2D eigenvalue weighted by molar-refractivity contribution is -0.145. The molecule has 2 aromatic carbocycles. The van der Waals surface area contributed by atoms with Crippen LogP contribution in [-0.4, -0.2) is 18.7 Å². The lowest BCUT2D eigenvalue weighted by atomic mass is 10.1. The molecule has 5 nitrogen and oxygen atoms in total. The molecule has 0 saturated heterocycles. The molecule has 0 N–H and O–H groups in total. The van der Waals surface area contributed by atoms with E-state index in [2.05, 4.69) is 13.2 Å². The van der Waals surface area contributed by atoms with Crippen molar-refractivity contribution >= 4 is 11.9 Å². The summed E-state index contributed by atoms with van der Waals surface area (Å²) in [4.78, 5) is 22.7. The van der Waals surface area contributed by atoms with Gasteiger partial charge in [0.15, 0.2) is 11.6 Å². The van der Waals surface area contributed by atoms with E-state index >= 15 is 0 Å². The Morgan fingerprint density at radius 2 is 1.52 bits per heavy atom. The fraction of sp³-hybridized carbons (Fsp3) is 0.143. The topological polar surface area (TPSA) is 61.8 Å². The normalized spacial score (nSPS) is 10.0. The summed E-state index contributed by atoms with van der Waals surface area (Å²) in [5, 5.41) is 0. The fourth-order valence-corrected chi connectivity index (χ4v) is 1.97. The third-order valence-electron chi connectivity index (χ3n) is 3.43. The van der Waals surface area contributed by atoms with Gasteiger partial charge in [0.2, 0.25) is 6.79 Å². The molecule has 0 spiro atoms. The van der Waals surface area contributed by atoms with Crippen LogP contribution in [0.3, 0.4) is 0 Å². The van der Waals surface area contributed by atoms with Crippen LogP contribution in [0.25, 0.3) is 11.1 Å². The molecule has 0 saturated carbocycles. The molecule has 0 amide bonds. The van der Waals surface area contributed by atoms with Crippen LogP contribution in [-0.2, 0) is 14.3 Å². The fourth-order valence-electron chi connectivity index (χ4n) is 1.97. The Balaban J connectivity index is 2.03. The van der Waals surface area contributed by atoms with E-state index in [0.717, 1.165) is 5.56 Å². The van der Waals surface area contributed by atoms with E-state index in [1.165, 1.54) is 19.1 Å². The van der Waals surface area contributed by atoms with E-state index in [1.807, 2.05) is 0 Å². The standard InChI is InChI=1S/C21H19FO5/c1-13(2)20(23)26-12-25-17-8-5-15(6-9-17)16-7-10-19(18(22)11-16)27-21(24)14(3)4/h5-11H,1,3,12H2,2,4H3. The molecule has 0 unspecified atom stereocenters. The average Bonchev–Trinajstić information content (AvgIpc) is 2.63. The van der Waals surface area contributed by atoms with Gasteiger partial charge in [-0.2, -0.15) is 0 Å². The van der Waals surface area contributed by atoms with Gasteiger partial charge in [0.1, 0.15) is 5.75 Å². The summed E-state index contributed by atoms with van der Waals surface area (Å²) in [5.41, 5.74) is 1.80. The molecule has 27 heavy (non-hydrogen) atoms. The highest BCUT2D eigenvalue weighted by atomic mass is 19.1. The number of carbonyl (C=O) groups excluding carboxylic acids is 2. The minimum atomic E-state index is -0.685. The second kappa shape index (κ2) is 8.80. The van der Waals surface area contributed by atoms with Crippen molar-refractivity contribution in [1.29, 1.82) is 0 Å². The number of hydrogen-bond donors (Lipinski definition) is 0. The van der Waals surface area contributed by atoms with Gasteiger partial charge in [-0.05, 0) is 49.2 Å². The first kappa shape index (κ1) is 19.9. The van der Waals surface area contributed by atoms with Gasteiger partial charge < -0.3 is 14.2 Å². The lowest BCUT2D eigenvalue weighted by Crippen LogP contribution is -2.10. The van der Waals surface area contributed by atoms with Crippen molar-refractivity contribution < 1.29 is 28.2 Å². The second-order valence-electron chi connectivity index (χ2n) is 5.81. The number of carbonyl (C=O) groups is 2. The SMILES string of the molecule is C=C(C)C(=O)OCOc1ccc(-c2ccc(OC(=O)C(=C)C)c(F)c2)cc1. The molecule has 0 bridgehead atoms. The zero-order valence-corrected chi connectivity index (χ0v) is 15.1. The number of ether oxygens (including phenoxy) is 3. The highest BCUT2D eigenvalue weighted by Crippen LogP contribution is 2.27. The number of halogens is 1. The van der Waals surface area contributed by atoms with Gasteiger partial charge in [0.05, 0.1) is 0 Å². The molecular formula is C21H19FO5. The van der Waals surface area contributed by atoms with E-state index in [1.54, 1.807) is 37.3 Å². The summed E-state index contributed by atoms with van der Waals surface area (Å²) >= 11 is 0. The van der Waals surface area contributed by atoms with Gasteiger partial charge in [0.25, 0.3) is 0 Å². The Labute approximate surface area is 156 Å². The van der Waals surface area contributed by atoms with Crippen molar-refractivity contribution in [2.24, 2.45) is 0 Å². The largest absolute Gasteiger partial charge is 0.457 e. The maximum atomic E-state index is 14.2. The van der Waals surface area contributed by atoms with E-state index in [0.29, 0.717) is 11.3 Å². The summed E-state index contributed by atoms with van der Waals surface area (Å²) < 4.78 is 29.2. The van der Waals surface area contributed by atoms with Crippen molar-refractivity contribution in [2.45, 2.75) is 13.8 Å². The molecule has 0 radical (unpaired) electrons. The third-order valence-corrected chi connectivity index (χ3v) is 3.43. The van der Waals surface area contributed by atoms with Crippen LogP contribution in [0.5, 0.6) is 11.5 Å². The van der Waals surface area contributed by atoms with Crippen LogP contribution in [0.15, 0.2) is 66.8 Å². The Bertz CT molecular complexity index is 884. The number of esters is 2. The summed E-state index contributed by atoms with van der Waals surface area (Å²) in [5.74, 6) is -1.55. The van der Waals surface area contributed by atoms with Crippen molar-refractivity contribution in [3.05, 3.63) is 72.6 Å². The highest BCUT2D eigenvalue weighted by Gasteiger charge is 2.11. The number of hydrogen-bond acceptors (Lipinski definition) is 5. The van der Waals surface area contributed by atoms with Crippen LogP contribution >= 0.6 is 0 Å². The van der Waals surface area contributed by atoms with E-state index in [4.69, 9.17) is 14.2 Å². The van der Waals surface area contributed by atoms with Crippen molar-refractivity contribution in [3.8, 4) is 22.6 Å². The van der Waals surface area contributed by atoms with Crippen LogP contribution in [0.2, 0.25) is 0 Å². The van der Waals surface area contributed by atoms with Crippen molar-refractivity contribution in [1.82, 2.24) is 0 Å². The van der Waals surface area contributed by atoms with Crippen molar-refractivity contribution in [3.63, 3.8) is 0 Å². The van der Waals surface area contributed by atoms with Gasteiger partial charge >= 0.3 is 11.9 Å². The molecule has 0 fully saturated rings. The Morgan fingerprint density at radius 1 is 0.926 bits per heavy atom. The maximum Gasteiger partial charge on any atom is 0.338 e. The minimum absolute atomic E-state index is 0.161. The zero-order chi connectivity index (χ0) is 20.0. The van der Waals surface area contributed by atoms with Gasteiger partial charge in [-0.15, -0.1) is 0 Å². The Kier molecular flexibility index (Phi) is 6.49. The Morgan fingerprint density at radius 3 is 2.07 bits per heavy atom. The van der Waals surface area contributed by atoms with Gasteiger partial charge in [-0.1, -0.05) is 31.4 Å². The molecule has 0 aliphatic carbocycles. The maximum absolute atomic E-state index is 14.2. The first-order valence-electron chi connectivity index (χ1n) is 8.01. The van der Waals surface area contributed by atoms with Crippen LogP contribution in [0.4, 0.5) is 4.39 Å². The molecule has 140 valence electrons. The molecule has 6 heteroatoms. The van der Waals surface area contributed by atoms with E-state index in [-0.39, 0.29) is 23.7 Å². The van der Waals surface area contributed by atoms with Gasteiger partial charge in [-0.3, -0.25) is 0 Å². The smallest absolute Gasteiger partial charge is 0.338 e. The summed E-state index contributed by atoms with van der Waals surface area (Å²) in [6.07, 6.45) is 0. The summed E-state index contributed by atoms with van der Waals surface area (Å²) in [6.45, 7) is 9.72. The second-order valence-corrected chi connectivity index (χ2v) is 5.81. The van der Waals surface area contributed by atoms with Crippen LogP contribution < -0.4 is 9.47 Å². The molecule has 0 heterocycles. The average molecular weight is 370 g/mol. The predicted octanol–water partition coefficient (Wildman–Crippen LogP) is 4.43. The third kappa shape index (κ3) is 5.54. The lowest BCUT2D eigenvalue weighted by Gasteiger charge is -2.09. The van der Waals surface area contributed by atoms with E-state index < -0.39 is 17.8 Å². The predicted molar refractivity (Wildman–Crippen MR) is 98.7 cm³/mol. The first-order chi connectivity index (χ1) is 12.8. The quantitative estimate of drug-likeness (QED) is 0.312. The highest BCUT2D eigenvalue weighted by molar-refractivity contribution is 5.89. The molecule has 0 aliphatic heterocycles. The van der Waals surface area contributed by atoms with Crippen molar-refractivity contribution in [2.75, 3.05) is 6.79 Å². The monoisotopic (exact) mass is 370 g/mol. The summed E-state index contributed by atoms with van der Waals surface area (Å²) in [6, 6.07) is 11.1. The molecule has 0 atom stereocenters. The summed E-state index contributed by atoms with van der Waals surface area (Å²) in [7, 11) is 0. The molecule has 0 aromatic heterocycles. The molecule has 2 rings (SSSR count). The number of rotatable bonds is 7. The molecular weight excluding hydrogens is 351 g/mol. The number of benzene rings is 2. The van der Waals surface area contributed by atoms with Gasteiger partial charge in [0, 0.05) is 11.1 Å². The van der Waals surface area contributed by atoms with Crippen LogP contribution in [0.1, 0.15) is 13.8 Å². The first-order valence-corrected chi connectivity index (χ1v) is 8.01. The van der Waals surface area contributed by atoms with E-state index in [9.17, 15) is 14.0 Å². The van der Waals surface area contributed by atoms with Gasteiger partial charge in [-0.25, -0.2) is 14.0 Å². The molecule has 0 aliphatic rings. The Hall–Kier alpha value is -3.41. The minimum Gasteiger partial charge on any atom is -0.457 e. The van der Waals surface area contributed by atoms with Crippen LogP contribution in [0, 0.1) is 5.82 Å².